The van der Waals surface area contributed by atoms with Gasteiger partial charge >= 0.3 is 12.3 Å². The normalized spacial score (nSPS) is 12.2. The number of amides is 2. The third-order valence-electron chi connectivity index (χ3n) is 6.98. The summed E-state index contributed by atoms with van der Waals surface area (Å²) in [5, 5.41) is 21.3. The number of hydrogen-bond donors (Lipinski definition) is 2. The fourth-order valence-electron chi connectivity index (χ4n) is 4.93. The van der Waals surface area contributed by atoms with Gasteiger partial charge in [-0.1, -0.05) is 71.6 Å². The molecule has 6 rings (SSSR count). The molecule has 0 saturated carbocycles. The highest BCUT2D eigenvalue weighted by Crippen LogP contribution is 2.44. The van der Waals surface area contributed by atoms with Crippen LogP contribution in [0.5, 0.6) is 0 Å². The molecule has 0 spiro atoms. The van der Waals surface area contributed by atoms with Crippen molar-refractivity contribution in [3.63, 3.8) is 0 Å². The third kappa shape index (κ3) is 6.55. The van der Waals surface area contributed by atoms with E-state index >= 15 is 0 Å². The van der Waals surface area contributed by atoms with E-state index in [1.54, 1.807) is 24.3 Å². The minimum Gasteiger partial charge on any atom is -0.448 e. The lowest BCUT2D eigenvalue weighted by atomic mass is 9.98. The summed E-state index contributed by atoms with van der Waals surface area (Å²) < 4.78 is 43.9. The number of alkyl halides is 3. The van der Waals surface area contributed by atoms with Crippen molar-refractivity contribution in [3.8, 4) is 11.1 Å². The molecule has 0 atom stereocenters. The third-order valence-corrected chi connectivity index (χ3v) is 8.93. The van der Waals surface area contributed by atoms with Crippen molar-refractivity contribution in [2.45, 2.75) is 21.9 Å². The summed E-state index contributed by atoms with van der Waals surface area (Å²) in [6, 6.07) is 26.3. The maximum Gasteiger partial charge on any atom is 0.445 e. The van der Waals surface area contributed by atoms with Gasteiger partial charge in [-0.25, -0.2) is 4.79 Å². The standard InChI is InChI=1S/C31H20F3N5O5S2/c32-31(33,34)28-37-38-29(46-28)36-27(40)17-9-14-26(25(15-17)39(42)43)45-19-12-10-18(11-13-19)35-30(41)44-16-24-22-7-3-1-5-20(22)21-6-2-4-8-23(21)24/h1-15,24H,16H2,(H,35,41)(H,36,38,40). The van der Waals surface area contributed by atoms with E-state index < -0.39 is 33.2 Å². The van der Waals surface area contributed by atoms with Gasteiger partial charge in [-0.15, -0.1) is 10.2 Å². The van der Waals surface area contributed by atoms with E-state index in [1.807, 2.05) is 48.5 Å². The number of rotatable bonds is 8. The van der Waals surface area contributed by atoms with Gasteiger partial charge in [0.1, 0.15) is 6.61 Å². The molecule has 0 saturated heterocycles. The second kappa shape index (κ2) is 12.6. The molecule has 1 aromatic heterocycles. The Hall–Kier alpha value is -5.28. The summed E-state index contributed by atoms with van der Waals surface area (Å²) >= 11 is 1.19. The lowest BCUT2D eigenvalue weighted by Crippen LogP contribution is -2.17. The Balaban J connectivity index is 1.07. The average molecular weight is 664 g/mol. The molecule has 4 aromatic carbocycles. The van der Waals surface area contributed by atoms with Gasteiger partial charge in [0.05, 0.1) is 9.82 Å². The number of benzene rings is 4. The Bertz CT molecular complexity index is 1920. The molecule has 2 amide bonds. The summed E-state index contributed by atoms with van der Waals surface area (Å²) in [4.78, 5) is 37.1. The van der Waals surface area contributed by atoms with Gasteiger partial charge in [-0.2, -0.15) is 13.2 Å². The first kappa shape index (κ1) is 30.7. The van der Waals surface area contributed by atoms with Crippen LogP contribution in [0.1, 0.15) is 32.4 Å². The predicted octanol–water partition coefficient (Wildman–Crippen LogP) is 8.23. The molecule has 1 aliphatic rings. The van der Waals surface area contributed by atoms with Crippen molar-refractivity contribution in [2.75, 3.05) is 17.2 Å². The van der Waals surface area contributed by atoms with Crippen LogP contribution in [0.3, 0.4) is 0 Å². The maximum atomic E-state index is 12.8. The number of ether oxygens (including phenoxy) is 1. The van der Waals surface area contributed by atoms with Crippen LogP contribution < -0.4 is 10.6 Å². The number of halogens is 3. The van der Waals surface area contributed by atoms with Gasteiger partial charge in [0.2, 0.25) is 10.1 Å². The van der Waals surface area contributed by atoms with Crippen molar-refractivity contribution in [1.29, 1.82) is 0 Å². The Morgan fingerprint density at radius 2 is 1.57 bits per heavy atom. The molecule has 15 heteroatoms. The molecule has 0 unspecified atom stereocenters. The molecular formula is C31H20F3N5O5S2. The molecule has 1 aliphatic carbocycles. The van der Waals surface area contributed by atoms with E-state index in [0.29, 0.717) is 10.6 Å². The Morgan fingerprint density at radius 3 is 2.17 bits per heavy atom. The monoisotopic (exact) mass is 663 g/mol. The zero-order chi connectivity index (χ0) is 32.4. The maximum absolute atomic E-state index is 12.8. The highest BCUT2D eigenvalue weighted by atomic mass is 32.2. The number of fused-ring (bicyclic) bond motifs is 3. The highest BCUT2D eigenvalue weighted by Gasteiger charge is 2.36. The van der Waals surface area contributed by atoms with Gasteiger partial charge in [-0.3, -0.25) is 25.5 Å². The van der Waals surface area contributed by atoms with Crippen LogP contribution in [0.25, 0.3) is 11.1 Å². The van der Waals surface area contributed by atoms with Crippen LogP contribution in [-0.4, -0.2) is 33.7 Å². The number of carbonyl (C=O) groups excluding carboxylic acids is 2. The van der Waals surface area contributed by atoms with E-state index in [4.69, 9.17) is 4.74 Å². The summed E-state index contributed by atoms with van der Waals surface area (Å²) in [5.41, 5.74) is 4.35. The second-order valence-corrected chi connectivity index (χ2v) is 12.0. The van der Waals surface area contributed by atoms with Gasteiger partial charge in [-0.05, 0) is 58.7 Å². The number of hydrogen-bond acceptors (Lipinski definition) is 9. The van der Waals surface area contributed by atoms with Crippen molar-refractivity contribution in [3.05, 3.63) is 123 Å². The minimum absolute atomic E-state index is 0.0863. The van der Waals surface area contributed by atoms with Crippen LogP contribution >= 0.6 is 23.1 Å². The summed E-state index contributed by atoms with van der Waals surface area (Å²) in [6.07, 6.45) is -5.35. The molecular weight excluding hydrogens is 643 g/mol. The number of nitrogens with zero attached hydrogens (tertiary/aromatic N) is 3. The fraction of sp³-hybridized carbons (Fsp3) is 0.0968. The zero-order valence-corrected chi connectivity index (χ0v) is 24.9. The molecule has 0 bridgehead atoms. The first-order valence-corrected chi connectivity index (χ1v) is 15.1. The lowest BCUT2D eigenvalue weighted by molar-refractivity contribution is -0.387. The first-order chi connectivity index (χ1) is 22.1. The van der Waals surface area contributed by atoms with Crippen LogP contribution in [0.2, 0.25) is 0 Å². The van der Waals surface area contributed by atoms with Gasteiger partial charge in [0, 0.05) is 28.1 Å². The van der Waals surface area contributed by atoms with Crippen LogP contribution in [0, 0.1) is 10.1 Å². The minimum atomic E-state index is -4.72. The average Bonchev–Trinajstić information content (AvgIpc) is 3.64. The van der Waals surface area contributed by atoms with Gasteiger partial charge < -0.3 is 4.74 Å². The lowest BCUT2D eigenvalue weighted by Gasteiger charge is -2.14. The predicted molar refractivity (Wildman–Crippen MR) is 165 cm³/mol. The van der Waals surface area contributed by atoms with E-state index in [-0.39, 0.29) is 40.0 Å². The topological polar surface area (TPSA) is 136 Å². The fourth-order valence-corrected chi connectivity index (χ4v) is 6.44. The van der Waals surface area contributed by atoms with Crippen LogP contribution in [-0.2, 0) is 10.9 Å². The molecule has 5 aromatic rings. The van der Waals surface area contributed by atoms with Crippen LogP contribution in [0.4, 0.5) is 34.5 Å². The molecule has 0 radical (unpaired) electrons. The molecule has 2 N–H and O–H groups in total. The number of nitro groups is 1. The van der Waals surface area contributed by atoms with E-state index in [1.165, 1.54) is 12.1 Å². The van der Waals surface area contributed by atoms with Gasteiger partial charge in [0.25, 0.3) is 11.6 Å². The number of carbonyl (C=O) groups is 2. The zero-order valence-electron chi connectivity index (χ0n) is 23.3. The van der Waals surface area contributed by atoms with E-state index in [0.717, 1.165) is 40.1 Å². The quantitative estimate of drug-likeness (QED) is 0.125. The number of anilines is 2. The van der Waals surface area contributed by atoms with Crippen molar-refractivity contribution < 1.29 is 32.4 Å². The van der Waals surface area contributed by atoms with E-state index in [9.17, 15) is 32.9 Å². The Morgan fingerprint density at radius 1 is 0.913 bits per heavy atom. The summed E-state index contributed by atoms with van der Waals surface area (Å²) in [6.45, 7) is 0.154. The number of nitrogens with one attached hydrogen (secondary N) is 2. The number of aromatic nitrogens is 2. The van der Waals surface area contributed by atoms with Crippen molar-refractivity contribution in [1.82, 2.24) is 10.2 Å². The molecule has 10 nitrogen and oxygen atoms in total. The second-order valence-electron chi connectivity index (χ2n) is 9.88. The van der Waals surface area contributed by atoms with Crippen LogP contribution in [0.15, 0.2) is 101 Å². The smallest absolute Gasteiger partial charge is 0.445 e. The summed E-state index contributed by atoms with van der Waals surface area (Å²) in [5.74, 6) is -0.968. The molecule has 1 heterocycles. The van der Waals surface area contributed by atoms with Crippen molar-refractivity contribution >= 4 is 51.6 Å². The first-order valence-electron chi connectivity index (χ1n) is 13.5. The van der Waals surface area contributed by atoms with Crippen molar-refractivity contribution in [2.24, 2.45) is 0 Å². The Kier molecular flexibility index (Phi) is 8.42. The Labute approximate surface area is 266 Å². The molecule has 0 fully saturated rings. The molecule has 232 valence electrons. The number of nitro benzene ring substituents is 1. The summed E-state index contributed by atoms with van der Waals surface area (Å²) in [7, 11) is 0. The molecule has 0 aliphatic heterocycles. The SMILES string of the molecule is O=C(Nc1ccc(Sc2ccc(C(=O)Nc3nnc(C(F)(F)F)s3)cc2[N+](=O)[O-])cc1)OCC1c2ccccc2-c2ccccc21. The molecule has 46 heavy (non-hydrogen) atoms. The van der Waals surface area contributed by atoms with Gasteiger partial charge in [0.15, 0.2) is 0 Å². The van der Waals surface area contributed by atoms with E-state index in [2.05, 4.69) is 20.8 Å². The largest absolute Gasteiger partial charge is 0.448 e. The highest BCUT2D eigenvalue weighted by molar-refractivity contribution is 7.99.